The van der Waals surface area contributed by atoms with Crippen LogP contribution in [-0.2, 0) is 14.3 Å². The summed E-state index contributed by atoms with van der Waals surface area (Å²) in [7, 11) is 0. The molecule has 25 heavy (non-hydrogen) atoms. The van der Waals surface area contributed by atoms with Crippen molar-refractivity contribution >= 4 is 29.1 Å². The fraction of sp³-hybridized carbons (Fsp3) is 0.556. The summed E-state index contributed by atoms with van der Waals surface area (Å²) in [4.78, 5) is 27.9. The molecule has 1 N–H and O–H groups in total. The quantitative estimate of drug-likeness (QED) is 0.798. The van der Waals surface area contributed by atoms with Crippen LogP contribution < -0.4 is 10.2 Å². The van der Waals surface area contributed by atoms with Gasteiger partial charge in [-0.3, -0.25) is 14.5 Å². The van der Waals surface area contributed by atoms with Gasteiger partial charge < -0.3 is 15.0 Å². The van der Waals surface area contributed by atoms with E-state index in [0.29, 0.717) is 18.1 Å². The van der Waals surface area contributed by atoms with Crippen molar-refractivity contribution in [1.29, 1.82) is 0 Å². The monoisotopic (exact) mass is 367 g/mol. The van der Waals surface area contributed by atoms with E-state index in [2.05, 4.69) is 10.2 Å². The first kappa shape index (κ1) is 19.7. The molecule has 1 aliphatic rings. The van der Waals surface area contributed by atoms with Crippen LogP contribution in [0.1, 0.15) is 18.9 Å². The maximum Gasteiger partial charge on any atom is 0.223 e. The van der Waals surface area contributed by atoms with E-state index in [1.807, 2.05) is 13.0 Å². The first-order valence-corrected chi connectivity index (χ1v) is 8.96. The third-order valence-corrected chi connectivity index (χ3v) is 4.49. The topological polar surface area (TPSA) is 61.9 Å². The number of hydrogen-bond acceptors (Lipinski definition) is 4. The number of carbonyl (C=O) groups is 2. The van der Waals surface area contributed by atoms with Crippen molar-refractivity contribution in [3.05, 3.63) is 28.8 Å². The van der Waals surface area contributed by atoms with E-state index in [0.717, 1.165) is 44.1 Å². The summed E-state index contributed by atoms with van der Waals surface area (Å²) >= 11 is 6.04. The summed E-state index contributed by atoms with van der Waals surface area (Å²) in [5.74, 6) is -0.161. The molecule has 2 amide bonds. The summed E-state index contributed by atoms with van der Waals surface area (Å²) in [6, 6.07) is 5.42. The standard InChI is InChI=1S/C18H26ClN3O3/c1-14-3-4-16(19)13-17(14)22(15(2)23)7-5-18(24)20-6-8-21-9-11-25-12-10-21/h3-4,13H,5-12H2,1-2H3,(H,20,24). The van der Waals surface area contributed by atoms with E-state index in [-0.39, 0.29) is 18.2 Å². The molecule has 0 radical (unpaired) electrons. The van der Waals surface area contributed by atoms with Crippen molar-refractivity contribution in [2.24, 2.45) is 0 Å². The lowest BCUT2D eigenvalue weighted by Crippen LogP contribution is -2.42. The lowest BCUT2D eigenvalue weighted by Gasteiger charge is -2.26. The van der Waals surface area contributed by atoms with Crippen LogP contribution in [-0.4, -0.2) is 62.7 Å². The highest BCUT2D eigenvalue weighted by Gasteiger charge is 2.16. The van der Waals surface area contributed by atoms with Crippen LogP contribution in [0.4, 0.5) is 5.69 Å². The molecular formula is C18H26ClN3O3. The van der Waals surface area contributed by atoms with Crippen molar-refractivity contribution in [2.75, 3.05) is 50.8 Å². The van der Waals surface area contributed by atoms with Gasteiger partial charge in [0.15, 0.2) is 0 Å². The molecule has 2 rings (SSSR count). The Kier molecular flexibility index (Phi) is 7.68. The van der Waals surface area contributed by atoms with Crippen LogP contribution in [0, 0.1) is 6.92 Å². The minimum absolute atomic E-state index is 0.0563. The number of hydrogen-bond donors (Lipinski definition) is 1. The van der Waals surface area contributed by atoms with E-state index >= 15 is 0 Å². The number of carbonyl (C=O) groups excluding carboxylic acids is 2. The van der Waals surface area contributed by atoms with Crippen molar-refractivity contribution in [2.45, 2.75) is 20.3 Å². The molecule has 1 fully saturated rings. The van der Waals surface area contributed by atoms with Gasteiger partial charge in [0, 0.05) is 56.8 Å². The first-order chi connectivity index (χ1) is 12.0. The summed E-state index contributed by atoms with van der Waals surface area (Å²) in [5.41, 5.74) is 1.70. The Morgan fingerprint density at radius 3 is 2.72 bits per heavy atom. The normalized spacial score (nSPS) is 15.0. The fourth-order valence-electron chi connectivity index (χ4n) is 2.80. The van der Waals surface area contributed by atoms with Gasteiger partial charge in [-0.05, 0) is 24.6 Å². The average molecular weight is 368 g/mol. The van der Waals surface area contributed by atoms with Gasteiger partial charge in [-0.2, -0.15) is 0 Å². The number of aryl methyl sites for hydroxylation is 1. The molecule has 1 aliphatic heterocycles. The molecule has 7 heteroatoms. The largest absolute Gasteiger partial charge is 0.379 e. The molecule has 0 saturated carbocycles. The predicted molar refractivity (Wildman–Crippen MR) is 99.1 cm³/mol. The van der Waals surface area contributed by atoms with Crippen molar-refractivity contribution in [3.63, 3.8) is 0 Å². The third kappa shape index (κ3) is 6.30. The number of ether oxygens (including phenoxy) is 1. The van der Waals surface area contributed by atoms with Crippen LogP contribution >= 0.6 is 11.6 Å². The third-order valence-electron chi connectivity index (χ3n) is 4.26. The van der Waals surface area contributed by atoms with E-state index < -0.39 is 0 Å². The van der Waals surface area contributed by atoms with Crippen LogP contribution in [0.2, 0.25) is 5.02 Å². The highest BCUT2D eigenvalue weighted by molar-refractivity contribution is 6.31. The highest BCUT2D eigenvalue weighted by Crippen LogP contribution is 2.24. The zero-order valence-electron chi connectivity index (χ0n) is 14.9. The van der Waals surface area contributed by atoms with Crippen LogP contribution in [0.3, 0.4) is 0 Å². The van der Waals surface area contributed by atoms with Crippen LogP contribution in [0.15, 0.2) is 18.2 Å². The van der Waals surface area contributed by atoms with E-state index in [1.165, 1.54) is 6.92 Å². The molecule has 0 atom stereocenters. The molecular weight excluding hydrogens is 342 g/mol. The smallest absolute Gasteiger partial charge is 0.223 e. The zero-order chi connectivity index (χ0) is 18.2. The van der Waals surface area contributed by atoms with Gasteiger partial charge in [0.25, 0.3) is 0 Å². The minimum atomic E-state index is -0.105. The molecule has 1 saturated heterocycles. The molecule has 0 spiro atoms. The van der Waals surface area contributed by atoms with Crippen molar-refractivity contribution in [1.82, 2.24) is 10.2 Å². The Labute approximate surface area is 154 Å². The maximum absolute atomic E-state index is 12.1. The van der Waals surface area contributed by atoms with Gasteiger partial charge in [-0.25, -0.2) is 0 Å². The Hall–Kier alpha value is -1.63. The molecule has 6 nitrogen and oxygen atoms in total. The number of benzene rings is 1. The molecule has 1 heterocycles. The molecule has 0 bridgehead atoms. The molecule has 0 unspecified atom stereocenters. The van der Waals surface area contributed by atoms with Gasteiger partial charge in [0.1, 0.15) is 0 Å². The van der Waals surface area contributed by atoms with Gasteiger partial charge in [-0.1, -0.05) is 17.7 Å². The molecule has 0 aliphatic carbocycles. The second-order valence-corrected chi connectivity index (χ2v) is 6.59. The van der Waals surface area contributed by atoms with Gasteiger partial charge in [-0.15, -0.1) is 0 Å². The minimum Gasteiger partial charge on any atom is -0.379 e. The van der Waals surface area contributed by atoms with E-state index in [1.54, 1.807) is 17.0 Å². The summed E-state index contributed by atoms with van der Waals surface area (Å²) in [6.07, 6.45) is 0.259. The van der Waals surface area contributed by atoms with E-state index in [4.69, 9.17) is 16.3 Å². The van der Waals surface area contributed by atoms with Crippen LogP contribution in [0.25, 0.3) is 0 Å². The second kappa shape index (κ2) is 9.75. The predicted octanol–water partition coefficient (Wildman–Crippen LogP) is 1.84. The van der Waals surface area contributed by atoms with Gasteiger partial charge in [0.2, 0.25) is 11.8 Å². The SMILES string of the molecule is CC(=O)N(CCC(=O)NCCN1CCOCC1)c1cc(Cl)ccc1C. The maximum atomic E-state index is 12.1. The average Bonchev–Trinajstić information content (AvgIpc) is 2.58. The summed E-state index contributed by atoms with van der Waals surface area (Å²) in [6.45, 7) is 8.49. The number of rotatable bonds is 7. The number of halogens is 1. The number of nitrogens with one attached hydrogen (secondary N) is 1. The highest BCUT2D eigenvalue weighted by atomic mass is 35.5. The van der Waals surface area contributed by atoms with E-state index in [9.17, 15) is 9.59 Å². The number of anilines is 1. The fourth-order valence-corrected chi connectivity index (χ4v) is 2.97. The Morgan fingerprint density at radius 1 is 1.32 bits per heavy atom. The van der Waals surface area contributed by atoms with Crippen molar-refractivity contribution < 1.29 is 14.3 Å². The molecule has 1 aromatic carbocycles. The summed E-state index contributed by atoms with van der Waals surface area (Å²) in [5, 5.41) is 3.49. The number of morpholine rings is 1. The van der Waals surface area contributed by atoms with Gasteiger partial charge >= 0.3 is 0 Å². The first-order valence-electron chi connectivity index (χ1n) is 8.58. The number of amides is 2. The molecule has 1 aromatic rings. The van der Waals surface area contributed by atoms with Crippen LogP contribution in [0.5, 0.6) is 0 Å². The van der Waals surface area contributed by atoms with Gasteiger partial charge in [0.05, 0.1) is 13.2 Å². The zero-order valence-corrected chi connectivity index (χ0v) is 15.6. The molecule has 138 valence electrons. The lowest BCUT2D eigenvalue weighted by atomic mass is 10.1. The number of nitrogens with zero attached hydrogens (tertiary/aromatic N) is 2. The second-order valence-electron chi connectivity index (χ2n) is 6.16. The Balaban J connectivity index is 1.81. The Bertz CT molecular complexity index is 603. The molecule has 0 aromatic heterocycles. The Morgan fingerprint density at radius 2 is 2.04 bits per heavy atom. The van der Waals surface area contributed by atoms with Crippen molar-refractivity contribution in [3.8, 4) is 0 Å². The lowest BCUT2D eigenvalue weighted by molar-refractivity contribution is -0.121. The summed E-state index contributed by atoms with van der Waals surface area (Å²) < 4.78 is 5.30.